The first kappa shape index (κ1) is 14.9. The Morgan fingerprint density at radius 3 is 3.00 bits per heavy atom. The molecule has 4 rings (SSSR count). The third kappa shape index (κ3) is 2.67. The zero-order chi connectivity index (χ0) is 16.5. The number of hydrogen-bond donors (Lipinski definition) is 2. The largest absolute Gasteiger partial charge is 0.322 e. The summed E-state index contributed by atoms with van der Waals surface area (Å²) in [6.07, 6.45) is 2.88. The molecule has 1 saturated heterocycles. The molecule has 0 unspecified atom stereocenters. The van der Waals surface area contributed by atoms with E-state index >= 15 is 0 Å². The number of amides is 1. The number of hydrogen-bond acceptors (Lipinski definition) is 3. The number of benzene rings is 2. The molecule has 24 heavy (non-hydrogen) atoms. The Balaban J connectivity index is 1.61. The fourth-order valence-corrected chi connectivity index (χ4v) is 3.42. The molecule has 5 nitrogen and oxygen atoms in total. The van der Waals surface area contributed by atoms with Crippen molar-refractivity contribution in [2.75, 3.05) is 18.4 Å². The van der Waals surface area contributed by atoms with Crippen LogP contribution >= 0.6 is 0 Å². The summed E-state index contributed by atoms with van der Waals surface area (Å²) in [5.41, 5.74) is 3.73. The molecule has 1 aromatic heterocycles. The summed E-state index contributed by atoms with van der Waals surface area (Å²) in [5.74, 6) is 0.355. The first-order valence-electron chi connectivity index (χ1n) is 8.25. The van der Waals surface area contributed by atoms with Crippen LogP contribution in [-0.4, -0.2) is 28.8 Å². The Kier molecular flexibility index (Phi) is 3.78. The van der Waals surface area contributed by atoms with E-state index in [-0.39, 0.29) is 5.91 Å². The Labute approximate surface area is 140 Å². The van der Waals surface area contributed by atoms with Gasteiger partial charge in [-0.2, -0.15) is 5.10 Å². The Morgan fingerprint density at radius 2 is 2.17 bits per heavy atom. The van der Waals surface area contributed by atoms with Crippen LogP contribution in [0, 0.1) is 0 Å². The van der Waals surface area contributed by atoms with E-state index in [1.54, 1.807) is 0 Å². The van der Waals surface area contributed by atoms with Gasteiger partial charge in [0.25, 0.3) is 5.91 Å². The number of nitrogens with zero attached hydrogens (tertiary/aromatic N) is 2. The van der Waals surface area contributed by atoms with Crippen LogP contribution in [0.5, 0.6) is 0 Å². The lowest BCUT2D eigenvalue weighted by Crippen LogP contribution is -2.17. The lowest BCUT2D eigenvalue weighted by atomic mass is 9.93. The molecule has 3 aromatic rings. The van der Waals surface area contributed by atoms with Crippen molar-refractivity contribution in [1.29, 1.82) is 0 Å². The lowest BCUT2D eigenvalue weighted by molar-refractivity contribution is 0.102. The van der Waals surface area contributed by atoms with Gasteiger partial charge in [-0.25, -0.2) is 0 Å². The summed E-state index contributed by atoms with van der Waals surface area (Å²) < 4.78 is 1.82. The van der Waals surface area contributed by atoms with Crippen molar-refractivity contribution in [1.82, 2.24) is 15.1 Å². The Hall–Kier alpha value is -2.66. The predicted molar refractivity (Wildman–Crippen MR) is 95.3 cm³/mol. The van der Waals surface area contributed by atoms with Gasteiger partial charge in [-0.1, -0.05) is 18.2 Å². The SMILES string of the molecule is Cn1ncc2cc(NC(=O)c3ccccc3[C@H]3CCNC3)ccc21. The molecule has 122 valence electrons. The zero-order valence-electron chi connectivity index (χ0n) is 13.6. The second kappa shape index (κ2) is 6.09. The van der Waals surface area contributed by atoms with Gasteiger partial charge in [-0.15, -0.1) is 0 Å². The number of aromatic nitrogens is 2. The molecule has 0 bridgehead atoms. The summed E-state index contributed by atoms with van der Waals surface area (Å²) in [4.78, 5) is 12.8. The molecule has 1 aliphatic heterocycles. The monoisotopic (exact) mass is 320 g/mol. The van der Waals surface area contributed by atoms with E-state index in [1.165, 1.54) is 0 Å². The number of anilines is 1. The minimum atomic E-state index is -0.0549. The van der Waals surface area contributed by atoms with E-state index in [9.17, 15) is 4.79 Å². The second-order valence-corrected chi connectivity index (χ2v) is 6.27. The molecule has 2 aromatic carbocycles. The van der Waals surface area contributed by atoms with E-state index in [1.807, 2.05) is 54.3 Å². The van der Waals surface area contributed by atoms with Crippen molar-refractivity contribution in [3.63, 3.8) is 0 Å². The average molecular weight is 320 g/mol. The number of aryl methyl sites for hydroxylation is 1. The molecule has 0 spiro atoms. The number of carbonyl (C=O) groups is 1. The quantitative estimate of drug-likeness (QED) is 0.780. The fraction of sp³-hybridized carbons (Fsp3) is 0.263. The molecule has 1 aliphatic rings. The summed E-state index contributed by atoms with van der Waals surface area (Å²) in [6, 6.07) is 13.8. The van der Waals surface area contributed by atoms with Crippen molar-refractivity contribution < 1.29 is 4.79 Å². The molecule has 5 heteroatoms. The highest BCUT2D eigenvalue weighted by molar-refractivity contribution is 6.06. The zero-order valence-corrected chi connectivity index (χ0v) is 13.6. The molecule has 0 radical (unpaired) electrons. The highest BCUT2D eigenvalue weighted by Crippen LogP contribution is 2.26. The van der Waals surface area contributed by atoms with Crippen LogP contribution in [0.2, 0.25) is 0 Å². The molecular weight excluding hydrogens is 300 g/mol. The average Bonchev–Trinajstić information content (AvgIpc) is 3.25. The van der Waals surface area contributed by atoms with Gasteiger partial charge in [0.1, 0.15) is 0 Å². The van der Waals surface area contributed by atoms with Gasteiger partial charge in [0, 0.05) is 30.2 Å². The molecule has 1 atom stereocenters. The normalized spacial score (nSPS) is 17.3. The third-order valence-corrected chi connectivity index (χ3v) is 4.71. The molecule has 0 aliphatic carbocycles. The van der Waals surface area contributed by atoms with Gasteiger partial charge in [-0.05, 0) is 48.7 Å². The van der Waals surface area contributed by atoms with Crippen molar-refractivity contribution in [3.8, 4) is 0 Å². The van der Waals surface area contributed by atoms with Gasteiger partial charge >= 0.3 is 0 Å². The van der Waals surface area contributed by atoms with Gasteiger partial charge in [0.05, 0.1) is 11.7 Å². The highest BCUT2D eigenvalue weighted by Gasteiger charge is 2.22. The van der Waals surface area contributed by atoms with Crippen LogP contribution in [0.3, 0.4) is 0 Å². The first-order chi connectivity index (χ1) is 11.7. The van der Waals surface area contributed by atoms with E-state index in [4.69, 9.17) is 0 Å². The first-order valence-corrected chi connectivity index (χ1v) is 8.25. The van der Waals surface area contributed by atoms with Crippen LogP contribution < -0.4 is 10.6 Å². The molecular formula is C19H20N4O. The van der Waals surface area contributed by atoms with Gasteiger partial charge in [0.2, 0.25) is 0 Å². The standard InChI is InChI=1S/C19H20N4O/c1-23-18-7-6-15(10-14(18)12-21-23)22-19(24)17-5-3-2-4-16(17)13-8-9-20-11-13/h2-7,10,12-13,20H,8-9,11H2,1H3,(H,22,24)/t13-/m0/s1. The summed E-state index contributed by atoms with van der Waals surface area (Å²) in [5, 5.41) is 11.7. The van der Waals surface area contributed by atoms with Crippen molar-refractivity contribution in [2.24, 2.45) is 7.05 Å². The van der Waals surface area contributed by atoms with E-state index < -0.39 is 0 Å². The molecule has 1 amide bonds. The fourth-order valence-electron chi connectivity index (χ4n) is 3.42. The van der Waals surface area contributed by atoms with Crippen molar-refractivity contribution in [3.05, 3.63) is 59.8 Å². The molecule has 1 fully saturated rings. The highest BCUT2D eigenvalue weighted by atomic mass is 16.1. The van der Waals surface area contributed by atoms with Crippen LogP contribution in [0.4, 0.5) is 5.69 Å². The van der Waals surface area contributed by atoms with E-state index in [0.29, 0.717) is 5.92 Å². The van der Waals surface area contributed by atoms with Crippen LogP contribution in [0.1, 0.15) is 28.3 Å². The maximum absolute atomic E-state index is 12.8. The number of rotatable bonds is 3. The van der Waals surface area contributed by atoms with E-state index in [2.05, 4.69) is 21.8 Å². The van der Waals surface area contributed by atoms with Crippen LogP contribution in [-0.2, 0) is 7.05 Å². The number of carbonyl (C=O) groups excluding carboxylic acids is 1. The maximum atomic E-state index is 12.8. The van der Waals surface area contributed by atoms with Gasteiger partial charge in [0.15, 0.2) is 0 Å². The Morgan fingerprint density at radius 1 is 1.29 bits per heavy atom. The molecule has 0 saturated carbocycles. The van der Waals surface area contributed by atoms with Crippen molar-refractivity contribution >= 4 is 22.5 Å². The maximum Gasteiger partial charge on any atom is 0.255 e. The minimum absolute atomic E-state index is 0.0549. The summed E-state index contributed by atoms with van der Waals surface area (Å²) in [7, 11) is 1.91. The Bertz CT molecular complexity index is 893. The minimum Gasteiger partial charge on any atom is -0.322 e. The smallest absolute Gasteiger partial charge is 0.255 e. The van der Waals surface area contributed by atoms with E-state index in [0.717, 1.165) is 47.2 Å². The third-order valence-electron chi connectivity index (χ3n) is 4.71. The van der Waals surface area contributed by atoms with Crippen LogP contribution in [0.15, 0.2) is 48.7 Å². The number of fused-ring (bicyclic) bond motifs is 1. The lowest BCUT2D eigenvalue weighted by Gasteiger charge is -2.14. The number of nitrogens with one attached hydrogen (secondary N) is 2. The summed E-state index contributed by atoms with van der Waals surface area (Å²) >= 11 is 0. The van der Waals surface area contributed by atoms with Gasteiger partial charge < -0.3 is 10.6 Å². The van der Waals surface area contributed by atoms with Crippen LogP contribution in [0.25, 0.3) is 10.9 Å². The summed E-state index contributed by atoms with van der Waals surface area (Å²) in [6.45, 7) is 1.95. The predicted octanol–water partition coefficient (Wildman–Crippen LogP) is 2.90. The molecule has 2 heterocycles. The topological polar surface area (TPSA) is 59.0 Å². The van der Waals surface area contributed by atoms with Gasteiger partial charge in [-0.3, -0.25) is 9.48 Å². The van der Waals surface area contributed by atoms with Crippen molar-refractivity contribution in [2.45, 2.75) is 12.3 Å². The molecule has 2 N–H and O–H groups in total. The second-order valence-electron chi connectivity index (χ2n) is 6.27.